The van der Waals surface area contributed by atoms with Crippen LogP contribution in [0.15, 0.2) is 0 Å². The summed E-state index contributed by atoms with van der Waals surface area (Å²) in [5, 5.41) is 3.38. The van der Waals surface area contributed by atoms with Gasteiger partial charge in [-0.1, -0.05) is 0 Å². The number of carbonyl (C=O) groups is 1. The first-order valence-electron chi connectivity index (χ1n) is 5.18. The van der Waals surface area contributed by atoms with Crippen LogP contribution in [0.1, 0.15) is 27.2 Å². The zero-order chi connectivity index (χ0) is 10.3. The number of rotatable bonds is 0. The van der Waals surface area contributed by atoms with Gasteiger partial charge in [0.05, 0.1) is 0 Å². The van der Waals surface area contributed by atoms with Gasteiger partial charge in [-0.25, -0.2) is 4.79 Å². The van der Waals surface area contributed by atoms with Crippen LogP contribution in [0, 0.1) is 0 Å². The summed E-state index contributed by atoms with van der Waals surface area (Å²) in [6.45, 7) is 7.28. The molecule has 0 unspecified atom stereocenters. The molecule has 2 atom stereocenters. The maximum absolute atomic E-state index is 11.7. The van der Waals surface area contributed by atoms with Crippen LogP contribution < -0.4 is 5.32 Å². The van der Waals surface area contributed by atoms with E-state index in [1.807, 2.05) is 20.8 Å². The van der Waals surface area contributed by atoms with Gasteiger partial charge in [0.2, 0.25) is 0 Å². The van der Waals surface area contributed by atoms with Crippen LogP contribution in [0.25, 0.3) is 0 Å². The standard InChI is InChI=1S/C10H18N2O2/c1-10(2,3)14-9(13)12-5-7-4-8(6-12)11-7/h7-8,11H,4-6H2,1-3H3/t7-,8-/m0/s1. The SMILES string of the molecule is CC(C)(C)OC(=O)N1C[C@@H]2C[C@@H](C1)N2. The monoisotopic (exact) mass is 198 g/mol. The number of piperazine rings is 1. The van der Waals surface area contributed by atoms with Gasteiger partial charge >= 0.3 is 6.09 Å². The van der Waals surface area contributed by atoms with Gasteiger partial charge in [0.15, 0.2) is 0 Å². The highest BCUT2D eigenvalue weighted by Crippen LogP contribution is 2.22. The van der Waals surface area contributed by atoms with Crippen LogP contribution in [-0.2, 0) is 4.74 Å². The zero-order valence-electron chi connectivity index (χ0n) is 9.04. The van der Waals surface area contributed by atoms with Crippen molar-refractivity contribution >= 4 is 6.09 Å². The van der Waals surface area contributed by atoms with Crippen molar-refractivity contribution in [3.63, 3.8) is 0 Å². The fourth-order valence-electron chi connectivity index (χ4n) is 1.99. The number of hydrogen-bond acceptors (Lipinski definition) is 3. The van der Waals surface area contributed by atoms with E-state index in [4.69, 9.17) is 4.74 Å². The van der Waals surface area contributed by atoms with E-state index in [9.17, 15) is 4.79 Å². The summed E-state index contributed by atoms with van der Waals surface area (Å²) in [5.74, 6) is 0. The first kappa shape index (κ1) is 9.77. The second-order valence-electron chi connectivity index (χ2n) is 5.18. The number of fused-ring (bicyclic) bond motifs is 2. The molecule has 3 fully saturated rings. The normalized spacial score (nSPS) is 30.9. The highest BCUT2D eigenvalue weighted by atomic mass is 16.6. The molecular formula is C10H18N2O2. The van der Waals surface area contributed by atoms with Gasteiger partial charge < -0.3 is 15.0 Å². The quantitative estimate of drug-likeness (QED) is 0.630. The fraction of sp³-hybridized carbons (Fsp3) is 0.900. The predicted octanol–water partition coefficient (Wildman–Crippen LogP) is 0.968. The first-order valence-corrected chi connectivity index (χ1v) is 5.18. The molecule has 4 nitrogen and oxygen atoms in total. The molecule has 2 bridgehead atoms. The molecule has 3 aliphatic rings. The van der Waals surface area contributed by atoms with Gasteiger partial charge in [-0.15, -0.1) is 0 Å². The Bertz CT molecular complexity index is 231. The van der Waals surface area contributed by atoms with Gasteiger partial charge in [0.1, 0.15) is 5.60 Å². The molecule has 0 spiro atoms. The highest BCUT2D eigenvalue weighted by molar-refractivity contribution is 5.68. The summed E-state index contributed by atoms with van der Waals surface area (Å²) in [6, 6.07) is 1.00. The van der Waals surface area contributed by atoms with E-state index in [0.717, 1.165) is 13.1 Å². The lowest BCUT2D eigenvalue weighted by Crippen LogP contribution is -2.67. The van der Waals surface area contributed by atoms with Crippen molar-refractivity contribution in [1.82, 2.24) is 10.2 Å². The molecule has 0 aromatic rings. The zero-order valence-corrected chi connectivity index (χ0v) is 9.04. The lowest BCUT2D eigenvalue weighted by molar-refractivity contribution is 0.00109. The third-order valence-corrected chi connectivity index (χ3v) is 2.57. The lowest BCUT2D eigenvalue weighted by atomic mass is 9.92. The Hall–Kier alpha value is -0.770. The lowest BCUT2D eigenvalue weighted by Gasteiger charge is -2.48. The molecule has 1 N–H and O–H groups in total. The van der Waals surface area contributed by atoms with Crippen molar-refractivity contribution < 1.29 is 9.53 Å². The van der Waals surface area contributed by atoms with Crippen molar-refractivity contribution in [2.24, 2.45) is 0 Å². The second kappa shape index (κ2) is 3.12. The van der Waals surface area contributed by atoms with Crippen LogP contribution in [0.4, 0.5) is 4.79 Å². The second-order valence-corrected chi connectivity index (χ2v) is 5.18. The minimum Gasteiger partial charge on any atom is -0.444 e. The molecule has 0 aliphatic carbocycles. The molecule has 14 heavy (non-hydrogen) atoms. The largest absolute Gasteiger partial charge is 0.444 e. The van der Waals surface area contributed by atoms with Crippen molar-refractivity contribution in [2.75, 3.05) is 13.1 Å². The smallest absolute Gasteiger partial charge is 0.410 e. The van der Waals surface area contributed by atoms with Crippen molar-refractivity contribution in [3.05, 3.63) is 0 Å². The van der Waals surface area contributed by atoms with Crippen LogP contribution in [-0.4, -0.2) is 41.8 Å². The molecule has 80 valence electrons. The minimum atomic E-state index is -0.383. The summed E-state index contributed by atoms with van der Waals surface area (Å²) in [6.07, 6.45) is 1.04. The number of hydrogen-bond donors (Lipinski definition) is 1. The van der Waals surface area contributed by atoms with Crippen LogP contribution in [0.5, 0.6) is 0 Å². The molecule has 3 aliphatic heterocycles. The van der Waals surface area contributed by atoms with Crippen molar-refractivity contribution in [2.45, 2.75) is 44.9 Å². The first-order chi connectivity index (χ1) is 6.44. The molecule has 0 saturated carbocycles. The number of amides is 1. The highest BCUT2D eigenvalue weighted by Gasteiger charge is 2.39. The number of ether oxygens (including phenoxy) is 1. The predicted molar refractivity (Wildman–Crippen MR) is 53.1 cm³/mol. The van der Waals surface area contributed by atoms with Crippen molar-refractivity contribution in [3.8, 4) is 0 Å². The molecule has 1 amide bonds. The average molecular weight is 198 g/mol. The Labute approximate surface area is 84.6 Å². The van der Waals surface area contributed by atoms with Gasteiger partial charge in [0.25, 0.3) is 0 Å². The summed E-state index contributed by atoms with van der Waals surface area (Å²) in [7, 11) is 0. The van der Waals surface area contributed by atoms with E-state index in [1.54, 1.807) is 4.90 Å². The van der Waals surface area contributed by atoms with Gasteiger partial charge in [0, 0.05) is 25.2 Å². The molecule has 3 saturated heterocycles. The minimum absolute atomic E-state index is 0.172. The van der Waals surface area contributed by atoms with Crippen LogP contribution in [0.2, 0.25) is 0 Å². The van der Waals surface area contributed by atoms with Gasteiger partial charge in [-0.2, -0.15) is 0 Å². The molecule has 0 radical (unpaired) electrons. The molecule has 3 heterocycles. The molecule has 0 aromatic carbocycles. The summed E-state index contributed by atoms with van der Waals surface area (Å²) in [4.78, 5) is 13.5. The summed E-state index contributed by atoms with van der Waals surface area (Å²) in [5.41, 5.74) is -0.383. The topological polar surface area (TPSA) is 41.6 Å². The maximum Gasteiger partial charge on any atom is 0.410 e. The molecule has 4 heteroatoms. The van der Waals surface area contributed by atoms with E-state index in [0.29, 0.717) is 12.1 Å². The van der Waals surface area contributed by atoms with Crippen LogP contribution >= 0.6 is 0 Å². The van der Waals surface area contributed by atoms with E-state index >= 15 is 0 Å². The fourth-order valence-corrected chi connectivity index (χ4v) is 1.99. The Kier molecular flexibility index (Phi) is 2.18. The van der Waals surface area contributed by atoms with Gasteiger partial charge in [-0.05, 0) is 27.2 Å². The Morgan fingerprint density at radius 2 is 1.86 bits per heavy atom. The number of nitrogens with one attached hydrogen (secondary N) is 1. The Morgan fingerprint density at radius 1 is 1.36 bits per heavy atom. The maximum atomic E-state index is 11.7. The van der Waals surface area contributed by atoms with E-state index in [-0.39, 0.29) is 11.7 Å². The third kappa shape index (κ3) is 2.00. The summed E-state index contributed by atoms with van der Waals surface area (Å²) < 4.78 is 5.31. The van der Waals surface area contributed by atoms with Gasteiger partial charge in [-0.3, -0.25) is 0 Å². The van der Waals surface area contributed by atoms with E-state index < -0.39 is 0 Å². The molecular weight excluding hydrogens is 180 g/mol. The van der Waals surface area contributed by atoms with Crippen molar-refractivity contribution in [1.29, 1.82) is 0 Å². The number of carbonyl (C=O) groups excluding carboxylic acids is 1. The Morgan fingerprint density at radius 3 is 2.29 bits per heavy atom. The number of nitrogens with zero attached hydrogens (tertiary/aromatic N) is 1. The molecule has 0 aromatic heterocycles. The van der Waals surface area contributed by atoms with E-state index in [2.05, 4.69) is 5.32 Å². The average Bonchev–Trinajstić information content (AvgIpc) is 2.00. The molecule has 3 rings (SSSR count). The summed E-state index contributed by atoms with van der Waals surface area (Å²) >= 11 is 0. The Balaban J connectivity index is 1.86. The number of piperidine rings is 1. The van der Waals surface area contributed by atoms with E-state index in [1.165, 1.54) is 6.42 Å². The van der Waals surface area contributed by atoms with Crippen LogP contribution in [0.3, 0.4) is 0 Å². The third-order valence-electron chi connectivity index (χ3n) is 2.57.